The minimum atomic E-state index is -0.517. The Bertz CT molecular complexity index is 371. The van der Waals surface area contributed by atoms with Gasteiger partial charge in [-0.1, -0.05) is 12.1 Å². The minimum Gasteiger partial charge on any atom is -0.383 e. The van der Waals surface area contributed by atoms with Crippen molar-refractivity contribution in [3.63, 3.8) is 0 Å². The first-order chi connectivity index (χ1) is 8.20. The van der Waals surface area contributed by atoms with E-state index in [2.05, 4.69) is 0 Å². The topological polar surface area (TPSA) is 55.6 Å². The van der Waals surface area contributed by atoms with Crippen LogP contribution in [0.5, 0.6) is 0 Å². The third-order valence-corrected chi connectivity index (χ3v) is 2.36. The fraction of sp³-hybridized carbons (Fsp3) is 0.417. The van der Waals surface area contributed by atoms with Crippen LogP contribution in [-0.4, -0.2) is 44.2 Å². The van der Waals surface area contributed by atoms with E-state index >= 15 is 0 Å². The third kappa shape index (κ3) is 3.80. The number of methoxy groups -OCH3 is 1. The number of rotatable bonds is 6. The first kappa shape index (κ1) is 13.6. The van der Waals surface area contributed by atoms with Gasteiger partial charge in [0, 0.05) is 26.7 Å². The molecule has 0 heterocycles. The molecule has 0 radical (unpaired) electrons. The van der Waals surface area contributed by atoms with E-state index in [1.54, 1.807) is 19.2 Å². The van der Waals surface area contributed by atoms with Gasteiger partial charge in [-0.25, -0.2) is 4.39 Å². The van der Waals surface area contributed by atoms with Crippen LogP contribution in [0.2, 0.25) is 0 Å². The van der Waals surface area contributed by atoms with Crippen molar-refractivity contribution < 1.29 is 13.9 Å². The van der Waals surface area contributed by atoms with E-state index in [-0.39, 0.29) is 11.5 Å². The molecule has 94 valence electrons. The fourth-order valence-corrected chi connectivity index (χ4v) is 1.48. The molecule has 0 unspecified atom stereocenters. The molecule has 1 amide bonds. The highest BCUT2D eigenvalue weighted by Crippen LogP contribution is 2.09. The highest BCUT2D eigenvalue weighted by atomic mass is 19.1. The summed E-state index contributed by atoms with van der Waals surface area (Å²) in [5.74, 6) is -0.873. The summed E-state index contributed by atoms with van der Waals surface area (Å²) in [5.41, 5.74) is 5.49. The van der Waals surface area contributed by atoms with Gasteiger partial charge in [0.1, 0.15) is 5.82 Å². The lowest BCUT2D eigenvalue weighted by Gasteiger charge is -2.21. The Balaban J connectivity index is 2.80. The van der Waals surface area contributed by atoms with Gasteiger partial charge in [0.15, 0.2) is 0 Å². The monoisotopic (exact) mass is 240 g/mol. The van der Waals surface area contributed by atoms with Crippen LogP contribution in [0, 0.1) is 5.82 Å². The molecule has 4 nitrogen and oxygen atoms in total. The van der Waals surface area contributed by atoms with Crippen LogP contribution >= 0.6 is 0 Å². The standard InChI is InChI=1S/C12H17FN2O2/c1-17-9-8-15(7-6-14)12(16)10-4-2-3-5-11(10)13/h2-5H,6-9,14H2,1H3. The molecule has 0 aliphatic carbocycles. The Morgan fingerprint density at radius 1 is 1.41 bits per heavy atom. The number of nitrogens with two attached hydrogens (primary N) is 1. The van der Waals surface area contributed by atoms with Gasteiger partial charge in [-0.2, -0.15) is 0 Å². The molecule has 0 aliphatic heterocycles. The number of nitrogens with zero attached hydrogens (tertiary/aromatic N) is 1. The largest absolute Gasteiger partial charge is 0.383 e. The molecule has 17 heavy (non-hydrogen) atoms. The van der Waals surface area contributed by atoms with Crippen LogP contribution in [0.3, 0.4) is 0 Å². The van der Waals surface area contributed by atoms with Crippen molar-refractivity contribution in [2.45, 2.75) is 0 Å². The molecule has 0 atom stereocenters. The number of ether oxygens (including phenoxy) is 1. The third-order valence-electron chi connectivity index (χ3n) is 2.36. The molecular weight excluding hydrogens is 223 g/mol. The quantitative estimate of drug-likeness (QED) is 0.802. The van der Waals surface area contributed by atoms with E-state index in [1.165, 1.54) is 17.0 Å². The zero-order chi connectivity index (χ0) is 12.7. The summed E-state index contributed by atoms with van der Waals surface area (Å²) in [6.07, 6.45) is 0. The summed E-state index contributed by atoms with van der Waals surface area (Å²) in [6.45, 7) is 1.53. The summed E-state index contributed by atoms with van der Waals surface area (Å²) in [7, 11) is 1.55. The van der Waals surface area contributed by atoms with Crippen LogP contribution in [0.15, 0.2) is 24.3 Å². The molecule has 2 N–H and O–H groups in total. The average molecular weight is 240 g/mol. The van der Waals surface area contributed by atoms with Crippen LogP contribution in [0.4, 0.5) is 4.39 Å². The minimum absolute atomic E-state index is 0.0667. The van der Waals surface area contributed by atoms with Crippen LogP contribution in [-0.2, 0) is 4.74 Å². The molecule has 1 aromatic carbocycles. The fourth-order valence-electron chi connectivity index (χ4n) is 1.48. The Hall–Kier alpha value is -1.46. The predicted molar refractivity (Wildman–Crippen MR) is 63.2 cm³/mol. The lowest BCUT2D eigenvalue weighted by Crippen LogP contribution is -2.38. The predicted octanol–water partition coefficient (Wildman–Crippen LogP) is 0.873. The van der Waals surface area contributed by atoms with Crippen molar-refractivity contribution in [3.8, 4) is 0 Å². The maximum absolute atomic E-state index is 13.5. The molecule has 0 saturated carbocycles. The van der Waals surface area contributed by atoms with E-state index in [9.17, 15) is 9.18 Å². The van der Waals surface area contributed by atoms with Crippen LogP contribution in [0.25, 0.3) is 0 Å². The van der Waals surface area contributed by atoms with Crippen LogP contribution in [0.1, 0.15) is 10.4 Å². The summed E-state index contributed by atoms with van der Waals surface area (Å²) in [4.78, 5) is 13.5. The number of carbonyl (C=O) groups is 1. The number of hydrogen-bond donors (Lipinski definition) is 1. The number of carbonyl (C=O) groups excluding carboxylic acids is 1. The molecule has 1 rings (SSSR count). The molecule has 0 spiro atoms. The van der Waals surface area contributed by atoms with E-state index < -0.39 is 5.82 Å². The molecule has 0 bridgehead atoms. The van der Waals surface area contributed by atoms with Gasteiger partial charge in [0.05, 0.1) is 12.2 Å². The van der Waals surface area contributed by atoms with Gasteiger partial charge in [-0.3, -0.25) is 4.79 Å². The zero-order valence-corrected chi connectivity index (χ0v) is 9.86. The number of hydrogen-bond acceptors (Lipinski definition) is 3. The Morgan fingerprint density at radius 2 is 2.12 bits per heavy atom. The molecular formula is C12H17FN2O2. The Kier molecular flexibility index (Phi) is 5.59. The van der Waals surface area contributed by atoms with Gasteiger partial charge in [-0.05, 0) is 12.1 Å². The Labute approximate surface area is 100 Å². The maximum atomic E-state index is 13.5. The average Bonchev–Trinajstić information content (AvgIpc) is 2.34. The van der Waals surface area contributed by atoms with E-state index in [1.807, 2.05) is 0 Å². The lowest BCUT2D eigenvalue weighted by molar-refractivity contribution is 0.0697. The van der Waals surface area contributed by atoms with Gasteiger partial charge in [-0.15, -0.1) is 0 Å². The van der Waals surface area contributed by atoms with E-state index in [0.717, 1.165) is 0 Å². The summed E-state index contributed by atoms with van der Waals surface area (Å²) in [6, 6.07) is 5.92. The van der Waals surface area contributed by atoms with Crippen molar-refractivity contribution in [1.29, 1.82) is 0 Å². The van der Waals surface area contributed by atoms with E-state index in [4.69, 9.17) is 10.5 Å². The maximum Gasteiger partial charge on any atom is 0.256 e. The molecule has 5 heteroatoms. The zero-order valence-electron chi connectivity index (χ0n) is 9.86. The van der Waals surface area contributed by atoms with Crippen molar-refractivity contribution in [1.82, 2.24) is 4.90 Å². The van der Waals surface area contributed by atoms with Gasteiger partial charge in [0.25, 0.3) is 5.91 Å². The molecule has 0 fully saturated rings. The smallest absolute Gasteiger partial charge is 0.256 e. The number of halogens is 1. The lowest BCUT2D eigenvalue weighted by atomic mass is 10.2. The number of benzene rings is 1. The second-order valence-corrected chi connectivity index (χ2v) is 3.55. The van der Waals surface area contributed by atoms with Crippen LogP contribution < -0.4 is 5.73 Å². The number of amides is 1. The summed E-state index contributed by atoms with van der Waals surface area (Å²) >= 11 is 0. The molecule has 0 saturated heterocycles. The van der Waals surface area contributed by atoms with Gasteiger partial charge >= 0.3 is 0 Å². The Morgan fingerprint density at radius 3 is 2.71 bits per heavy atom. The first-order valence-electron chi connectivity index (χ1n) is 5.43. The van der Waals surface area contributed by atoms with E-state index in [0.29, 0.717) is 26.2 Å². The van der Waals surface area contributed by atoms with Crippen molar-refractivity contribution in [3.05, 3.63) is 35.6 Å². The summed E-state index contributed by atoms with van der Waals surface area (Å²) in [5, 5.41) is 0. The second-order valence-electron chi connectivity index (χ2n) is 3.55. The molecule has 1 aromatic rings. The molecule has 0 aromatic heterocycles. The normalized spacial score (nSPS) is 10.3. The molecule has 0 aliphatic rings. The SMILES string of the molecule is COCCN(CCN)C(=O)c1ccccc1F. The van der Waals surface area contributed by atoms with Gasteiger partial charge < -0.3 is 15.4 Å². The van der Waals surface area contributed by atoms with Crippen molar-refractivity contribution in [2.24, 2.45) is 5.73 Å². The van der Waals surface area contributed by atoms with Crippen molar-refractivity contribution >= 4 is 5.91 Å². The highest BCUT2D eigenvalue weighted by Gasteiger charge is 2.17. The highest BCUT2D eigenvalue weighted by molar-refractivity contribution is 5.94. The van der Waals surface area contributed by atoms with Crippen molar-refractivity contribution in [2.75, 3.05) is 33.4 Å². The second kappa shape index (κ2) is 6.98. The summed E-state index contributed by atoms with van der Waals surface area (Å²) < 4.78 is 18.4. The first-order valence-corrected chi connectivity index (χ1v) is 5.43. The van der Waals surface area contributed by atoms with Gasteiger partial charge in [0.2, 0.25) is 0 Å².